The fourth-order valence-corrected chi connectivity index (χ4v) is 3.59. The smallest absolute Gasteiger partial charge is 0.294 e. The van der Waals surface area contributed by atoms with Crippen LogP contribution >= 0.6 is 0 Å². The van der Waals surface area contributed by atoms with Gasteiger partial charge >= 0.3 is 0 Å². The molecule has 4 nitrogen and oxygen atoms in total. The van der Waals surface area contributed by atoms with Crippen LogP contribution in [0.5, 0.6) is 5.75 Å². The van der Waals surface area contributed by atoms with E-state index < -0.39 is 10.1 Å². The van der Waals surface area contributed by atoms with Crippen LogP contribution in [0.15, 0.2) is 53.4 Å². The highest BCUT2D eigenvalue weighted by molar-refractivity contribution is 7.85. The topological polar surface area (TPSA) is 74.6 Å². The van der Waals surface area contributed by atoms with E-state index in [9.17, 15) is 13.5 Å². The first-order valence-corrected chi connectivity index (χ1v) is 9.17. The number of phenols is 1. The molecule has 0 amide bonds. The summed E-state index contributed by atoms with van der Waals surface area (Å²) in [4.78, 5) is -0.0891. The molecule has 0 fully saturated rings. The Labute approximate surface area is 137 Å². The van der Waals surface area contributed by atoms with Gasteiger partial charge < -0.3 is 5.11 Å². The Balaban J connectivity index is 2.35. The summed E-state index contributed by atoms with van der Waals surface area (Å²) in [6.45, 7) is 4.22. The fraction of sp³-hybridized carbons (Fsp3) is 0.333. The molecule has 0 saturated heterocycles. The first-order chi connectivity index (χ1) is 10.9. The molecule has 2 unspecified atom stereocenters. The van der Waals surface area contributed by atoms with Gasteiger partial charge in [0.2, 0.25) is 0 Å². The zero-order chi connectivity index (χ0) is 17.0. The second-order valence-corrected chi connectivity index (χ2v) is 7.09. The average molecular weight is 334 g/mol. The summed E-state index contributed by atoms with van der Waals surface area (Å²) in [5, 5.41) is 9.45. The molecule has 5 heteroatoms. The van der Waals surface area contributed by atoms with E-state index in [-0.39, 0.29) is 22.5 Å². The molecule has 23 heavy (non-hydrogen) atoms. The van der Waals surface area contributed by atoms with E-state index in [2.05, 4.69) is 13.8 Å². The molecule has 2 N–H and O–H groups in total. The molecule has 2 aromatic rings. The van der Waals surface area contributed by atoms with E-state index in [1.807, 2.05) is 12.1 Å². The van der Waals surface area contributed by atoms with Gasteiger partial charge in [0.05, 0.1) is 4.90 Å². The molecular formula is C18H22O4S. The molecule has 0 bridgehead atoms. The van der Waals surface area contributed by atoms with Crippen molar-refractivity contribution in [3.8, 4) is 5.75 Å². The number of hydrogen-bond acceptors (Lipinski definition) is 3. The summed E-state index contributed by atoms with van der Waals surface area (Å²) >= 11 is 0. The maximum Gasteiger partial charge on any atom is 0.294 e. The van der Waals surface area contributed by atoms with Crippen LogP contribution in [0.1, 0.15) is 49.7 Å². The van der Waals surface area contributed by atoms with E-state index in [1.165, 1.54) is 12.1 Å². The van der Waals surface area contributed by atoms with Crippen molar-refractivity contribution in [1.82, 2.24) is 0 Å². The molecule has 124 valence electrons. The molecule has 0 heterocycles. The Hall–Kier alpha value is -1.85. The molecule has 0 aliphatic heterocycles. The Morgan fingerprint density at radius 1 is 0.826 bits per heavy atom. The van der Waals surface area contributed by atoms with Crippen LogP contribution in [0.3, 0.4) is 0 Å². The van der Waals surface area contributed by atoms with Gasteiger partial charge in [0.15, 0.2) is 0 Å². The zero-order valence-corrected chi connectivity index (χ0v) is 14.1. The molecule has 0 aromatic heterocycles. The highest BCUT2D eigenvalue weighted by atomic mass is 32.2. The minimum Gasteiger partial charge on any atom is -0.508 e. The van der Waals surface area contributed by atoms with Gasteiger partial charge in [-0.1, -0.05) is 38.1 Å². The lowest BCUT2D eigenvalue weighted by Gasteiger charge is -2.26. The van der Waals surface area contributed by atoms with Crippen LogP contribution in [0, 0.1) is 0 Å². The molecule has 0 saturated carbocycles. The van der Waals surface area contributed by atoms with Crippen molar-refractivity contribution in [3.05, 3.63) is 59.7 Å². The van der Waals surface area contributed by atoms with Gasteiger partial charge in [-0.3, -0.25) is 4.55 Å². The number of aromatic hydroxyl groups is 1. The van der Waals surface area contributed by atoms with Gasteiger partial charge in [-0.15, -0.1) is 0 Å². The first-order valence-electron chi connectivity index (χ1n) is 7.73. The molecule has 0 aliphatic rings. The quantitative estimate of drug-likeness (QED) is 0.771. The Kier molecular flexibility index (Phi) is 5.44. The average Bonchev–Trinajstić information content (AvgIpc) is 2.53. The number of phenolic OH excluding ortho intramolecular Hbond substituents is 1. The summed E-state index contributed by atoms with van der Waals surface area (Å²) in [5.41, 5.74) is 2.19. The zero-order valence-electron chi connectivity index (χ0n) is 13.3. The lowest BCUT2D eigenvalue weighted by Crippen LogP contribution is -2.10. The Morgan fingerprint density at radius 2 is 1.22 bits per heavy atom. The van der Waals surface area contributed by atoms with Crippen molar-refractivity contribution in [3.63, 3.8) is 0 Å². The SMILES string of the molecule is CCC(c1ccc(O)cc1)C(CC)c1ccc(S(=O)(=O)O)cc1. The summed E-state index contributed by atoms with van der Waals surface area (Å²) in [6.07, 6.45) is 1.84. The van der Waals surface area contributed by atoms with E-state index >= 15 is 0 Å². The highest BCUT2D eigenvalue weighted by Gasteiger charge is 2.22. The van der Waals surface area contributed by atoms with Crippen molar-refractivity contribution >= 4 is 10.1 Å². The van der Waals surface area contributed by atoms with E-state index in [0.29, 0.717) is 0 Å². The summed E-state index contributed by atoms with van der Waals surface area (Å²) in [7, 11) is -4.16. The minimum atomic E-state index is -4.16. The van der Waals surface area contributed by atoms with Crippen molar-refractivity contribution in [1.29, 1.82) is 0 Å². The van der Waals surface area contributed by atoms with Crippen LogP contribution < -0.4 is 0 Å². The molecule has 0 spiro atoms. The van der Waals surface area contributed by atoms with Gasteiger partial charge in [0.1, 0.15) is 5.75 Å². The van der Waals surface area contributed by atoms with Crippen LogP contribution in [-0.2, 0) is 10.1 Å². The van der Waals surface area contributed by atoms with E-state index in [0.717, 1.165) is 24.0 Å². The summed E-state index contributed by atoms with van der Waals surface area (Å²) in [5.74, 6) is 0.756. The van der Waals surface area contributed by atoms with Crippen LogP contribution in [0.25, 0.3) is 0 Å². The van der Waals surface area contributed by atoms with Crippen molar-refractivity contribution in [2.24, 2.45) is 0 Å². The van der Waals surface area contributed by atoms with Crippen LogP contribution in [0.2, 0.25) is 0 Å². The third kappa shape index (κ3) is 4.12. The third-order valence-electron chi connectivity index (χ3n) is 4.29. The lowest BCUT2D eigenvalue weighted by molar-refractivity contribution is 0.473. The second-order valence-electron chi connectivity index (χ2n) is 5.67. The summed E-state index contributed by atoms with van der Waals surface area (Å²) < 4.78 is 31.4. The molecule has 2 atom stereocenters. The van der Waals surface area contributed by atoms with Crippen molar-refractivity contribution in [2.45, 2.75) is 43.4 Å². The van der Waals surface area contributed by atoms with Crippen LogP contribution in [-0.4, -0.2) is 18.1 Å². The maximum absolute atomic E-state index is 11.2. The van der Waals surface area contributed by atoms with Crippen molar-refractivity contribution in [2.75, 3.05) is 0 Å². The predicted octanol–water partition coefficient (Wildman–Crippen LogP) is 4.33. The van der Waals surface area contributed by atoms with Gasteiger partial charge in [0, 0.05) is 0 Å². The van der Waals surface area contributed by atoms with Gasteiger partial charge in [-0.05, 0) is 60.1 Å². The molecule has 2 rings (SSSR count). The Morgan fingerprint density at radius 3 is 1.57 bits per heavy atom. The normalized spacial score (nSPS) is 14.4. The number of benzene rings is 2. The largest absolute Gasteiger partial charge is 0.508 e. The van der Waals surface area contributed by atoms with E-state index in [4.69, 9.17) is 4.55 Å². The first kappa shape index (κ1) is 17.5. The highest BCUT2D eigenvalue weighted by Crippen LogP contribution is 2.38. The van der Waals surface area contributed by atoms with Gasteiger partial charge in [-0.25, -0.2) is 0 Å². The third-order valence-corrected chi connectivity index (χ3v) is 5.16. The monoisotopic (exact) mass is 334 g/mol. The molecule has 0 radical (unpaired) electrons. The van der Waals surface area contributed by atoms with Gasteiger partial charge in [0.25, 0.3) is 10.1 Å². The maximum atomic E-state index is 11.2. The molecule has 0 aliphatic carbocycles. The standard InChI is InChI=1S/C18H22O4S/c1-3-17(13-5-9-15(19)10-6-13)18(4-2)14-7-11-16(12-8-14)23(20,21)22/h5-12,17-19H,3-4H2,1-2H3,(H,20,21,22). The predicted molar refractivity (Wildman–Crippen MR) is 90.4 cm³/mol. The lowest BCUT2D eigenvalue weighted by atomic mass is 9.78. The second kappa shape index (κ2) is 7.15. The van der Waals surface area contributed by atoms with Gasteiger partial charge in [-0.2, -0.15) is 8.42 Å². The minimum absolute atomic E-state index is 0.0891. The number of rotatable bonds is 6. The van der Waals surface area contributed by atoms with E-state index in [1.54, 1.807) is 24.3 Å². The fourth-order valence-electron chi connectivity index (χ4n) is 3.11. The summed E-state index contributed by atoms with van der Waals surface area (Å²) in [6, 6.07) is 13.6. The van der Waals surface area contributed by atoms with Crippen molar-refractivity contribution < 1.29 is 18.1 Å². The number of hydrogen-bond donors (Lipinski definition) is 2. The molecular weight excluding hydrogens is 312 g/mol. The Bertz CT molecular complexity index is 734. The van der Waals surface area contributed by atoms with Crippen LogP contribution in [0.4, 0.5) is 0 Å². The molecule has 2 aromatic carbocycles.